The summed E-state index contributed by atoms with van der Waals surface area (Å²) in [4.78, 5) is 10.5. The summed E-state index contributed by atoms with van der Waals surface area (Å²) >= 11 is 0. The molecule has 17 heavy (non-hydrogen) atoms. The highest BCUT2D eigenvalue weighted by molar-refractivity contribution is 5.88. The highest BCUT2D eigenvalue weighted by Gasteiger charge is 2.16. The van der Waals surface area contributed by atoms with Crippen molar-refractivity contribution in [2.24, 2.45) is 0 Å². The molecule has 0 fully saturated rings. The molecule has 4 N–H and O–H groups in total. The Bertz CT molecular complexity index is 582. The van der Waals surface area contributed by atoms with E-state index in [4.69, 9.17) is 11.5 Å². The van der Waals surface area contributed by atoms with Crippen LogP contribution in [0.2, 0.25) is 0 Å². The van der Waals surface area contributed by atoms with Crippen LogP contribution in [0.5, 0.6) is 0 Å². The molecule has 5 heteroatoms. The van der Waals surface area contributed by atoms with Gasteiger partial charge in [0.25, 0.3) is 5.69 Å². The molecule has 0 aliphatic rings. The van der Waals surface area contributed by atoms with Crippen LogP contribution in [-0.2, 0) is 0 Å². The minimum Gasteiger partial charge on any atom is -0.397 e. The Labute approximate surface area is 97.8 Å². The summed E-state index contributed by atoms with van der Waals surface area (Å²) in [6, 6.07) is 11.5. The maximum Gasteiger partial charge on any atom is 0.277 e. The molecular weight excluding hydrogens is 218 g/mol. The number of hydrogen-bond acceptors (Lipinski definition) is 4. The van der Waals surface area contributed by atoms with E-state index in [-0.39, 0.29) is 5.69 Å². The van der Waals surface area contributed by atoms with E-state index in [1.807, 2.05) is 0 Å². The Balaban J connectivity index is 2.69. The SMILES string of the molecule is Nc1cccc(-c2ccccc2[N+](=O)[O-])c1N. The molecule has 0 spiro atoms. The molecule has 0 saturated heterocycles. The molecule has 2 aromatic carbocycles. The number of nitro benzene ring substituents is 1. The Morgan fingerprint density at radius 3 is 2.29 bits per heavy atom. The van der Waals surface area contributed by atoms with Crippen LogP contribution >= 0.6 is 0 Å². The number of anilines is 2. The second kappa shape index (κ2) is 4.13. The van der Waals surface area contributed by atoms with Gasteiger partial charge in [-0.1, -0.05) is 24.3 Å². The Kier molecular flexibility index (Phi) is 2.66. The lowest BCUT2D eigenvalue weighted by atomic mass is 10.0. The normalized spacial score (nSPS) is 10.1. The van der Waals surface area contributed by atoms with Crippen LogP contribution in [0.1, 0.15) is 0 Å². The first-order valence-electron chi connectivity index (χ1n) is 4.99. The first-order valence-corrected chi connectivity index (χ1v) is 4.99. The molecule has 2 rings (SSSR count). The van der Waals surface area contributed by atoms with Gasteiger partial charge in [-0.15, -0.1) is 0 Å². The van der Waals surface area contributed by atoms with Crippen LogP contribution in [0.25, 0.3) is 11.1 Å². The number of nitrogen functional groups attached to an aromatic ring is 2. The van der Waals surface area contributed by atoms with Crippen LogP contribution in [-0.4, -0.2) is 4.92 Å². The molecule has 0 heterocycles. The van der Waals surface area contributed by atoms with Crippen molar-refractivity contribution in [2.75, 3.05) is 11.5 Å². The molecule has 0 unspecified atom stereocenters. The molecule has 0 saturated carbocycles. The second-order valence-electron chi connectivity index (χ2n) is 3.58. The first kappa shape index (κ1) is 10.9. The lowest BCUT2D eigenvalue weighted by Gasteiger charge is -2.08. The van der Waals surface area contributed by atoms with E-state index in [0.29, 0.717) is 22.5 Å². The number of rotatable bonds is 2. The zero-order valence-corrected chi connectivity index (χ0v) is 8.96. The van der Waals surface area contributed by atoms with Crippen molar-refractivity contribution in [3.05, 3.63) is 52.6 Å². The second-order valence-corrected chi connectivity index (χ2v) is 3.58. The number of nitro groups is 1. The zero-order valence-electron chi connectivity index (χ0n) is 8.96. The van der Waals surface area contributed by atoms with Crippen LogP contribution in [0.15, 0.2) is 42.5 Å². The molecule has 2 aromatic rings. The molecule has 0 radical (unpaired) electrons. The maximum absolute atomic E-state index is 10.9. The van der Waals surface area contributed by atoms with E-state index in [0.717, 1.165) is 0 Å². The smallest absolute Gasteiger partial charge is 0.277 e. The molecule has 0 aliphatic carbocycles. The lowest BCUT2D eigenvalue weighted by Crippen LogP contribution is -1.98. The minimum atomic E-state index is -0.433. The number of hydrogen-bond donors (Lipinski definition) is 2. The summed E-state index contributed by atoms with van der Waals surface area (Å²) in [7, 11) is 0. The fourth-order valence-corrected chi connectivity index (χ4v) is 1.68. The standard InChI is InChI=1S/C12H11N3O2/c13-10-6-3-5-9(12(10)14)8-4-1-2-7-11(8)15(16)17/h1-7H,13-14H2. The zero-order chi connectivity index (χ0) is 12.4. The van der Waals surface area contributed by atoms with E-state index in [1.54, 1.807) is 36.4 Å². The summed E-state index contributed by atoms with van der Waals surface area (Å²) in [6.07, 6.45) is 0. The highest BCUT2D eigenvalue weighted by atomic mass is 16.6. The summed E-state index contributed by atoms with van der Waals surface area (Å²) in [5.74, 6) is 0. The summed E-state index contributed by atoms with van der Waals surface area (Å²) in [5.41, 5.74) is 13.4. The summed E-state index contributed by atoms with van der Waals surface area (Å²) in [6.45, 7) is 0. The van der Waals surface area contributed by atoms with Gasteiger partial charge in [0.15, 0.2) is 0 Å². The minimum absolute atomic E-state index is 0.0183. The van der Waals surface area contributed by atoms with Gasteiger partial charge in [0.1, 0.15) is 0 Å². The molecule has 0 bridgehead atoms. The van der Waals surface area contributed by atoms with E-state index in [9.17, 15) is 10.1 Å². The van der Waals surface area contributed by atoms with Gasteiger partial charge in [-0.3, -0.25) is 10.1 Å². The van der Waals surface area contributed by atoms with E-state index in [2.05, 4.69) is 0 Å². The topological polar surface area (TPSA) is 95.2 Å². The molecule has 0 atom stereocenters. The fraction of sp³-hybridized carbons (Fsp3) is 0. The van der Waals surface area contributed by atoms with Gasteiger partial charge >= 0.3 is 0 Å². The quantitative estimate of drug-likeness (QED) is 0.469. The van der Waals surface area contributed by atoms with Gasteiger partial charge in [-0.05, 0) is 12.1 Å². The first-order chi connectivity index (χ1) is 8.11. The third-order valence-corrected chi connectivity index (χ3v) is 2.53. The monoisotopic (exact) mass is 229 g/mol. The van der Waals surface area contributed by atoms with Crippen LogP contribution in [0.4, 0.5) is 17.1 Å². The Morgan fingerprint density at radius 2 is 1.59 bits per heavy atom. The van der Waals surface area contributed by atoms with E-state index >= 15 is 0 Å². The number of nitrogens with zero attached hydrogens (tertiary/aromatic N) is 1. The molecule has 5 nitrogen and oxygen atoms in total. The lowest BCUT2D eigenvalue weighted by molar-refractivity contribution is -0.384. The Hall–Kier alpha value is -2.56. The van der Waals surface area contributed by atoms with E-state index in [1.165, 1.54) is 6.07 Å². The highest BCUT2D eigenvalue weighted by Crippen LogP contribution is 2.35. The van der Waals surface area contributed by atoms with Gasteiger partial charge in [-0.2, -0.15) is 0 Å². The third-order valence-electron chi connectivity index (χ3n) is 2.53. The van der Waals surface area contributed by atoms with Gasteiger partial charge in [-0.25, -0.2) is 0 Å². The van der Waals surface area contributed by atoms with Gasteiger partial charge in [0.2, 0.25) is 0 Å². The van der Waals surface area contributed by atoms with Crippen LogP contribution < -0.4 is 11.5 Å². The van der Waals surface area contributed by atoms with Gasteiger partial charge < -0.3 is 11.5 Å². The Morgan fingerprint density at radius 1 is 0.941 bits per heavy atom. The van der Waals surface area contributed by atoms with Crippen LogP contribution in [0, 0.1) is 10.1 Å². The van der Waals surface area contributed by atoms with Crippen molar-refractivity contribution >= 4 is 17.1 Å². The largest absolute Gasteiger partial charge is 0.397 e. The van der Waals surface area contributed by atoms with Crippen molar-refractivity contribution in [1.82, 2.24) is 0 Å². The number of benzene rings is 2. The summed E-state index contributed by atoms with van der Waals surface area (Å²) in [5, 5.41) is 10.9. The van der Waals surface area contributed by atoms with Crippen molar-refractivity contribution < 1.29 is 4.92 Å². The van der Waals surface area contributed by atoms with Crippen molar-refractivity contribution in [3.8, 4) is 11.1 Å². The summed E-state index contributed by atoms with van der Waals surface area (Å²) < 4.78 is 0. The predicted molar refractivity (Wildman–Crippen MR) is 67.4 cm³/mol. The van der Waals surface area contributed by atoms with Crippen LogP contribution in [0.3, 0.4) is 0 Å². The molecule has 0 aromatic heterocycles. The van der Waals surface area contributed by atoms with Crippen molar-refractivity contribution in [3.63, 3.8) is 0 Å². The number of nitrogens with two attached hydrogens (primary N) is 2. The molecular formula is C12H11N3O2. The van der Waals surface area contributed by atoms with Gasteiger partial charge in [0, 0.05) is 11.6 Å². The average molecular weight is 229 g/mol. The van der Waals surface area contributed by atoms with Crippen molar-refractivity contribution in [2.45, 2.75) is 0 Å². The molecule has 86 valence electrons. The molecule has 0 amide bonds. The van der Waals surface area contributed by atoms with Crippen molar-refractivity contribution in [1.29, 1.82) is 0 Å². The number of para-hydroxylation sites is 2. The third kappa shape index (κ3) is 1.90. The predicted octanol–water partition coefficient (Wildman–Crippen LogP) is 2.43. The van der Waals surface area contributed by atoms with E-state index < -0.39 is 4.92 Å². The van der Waals surface area contributed by atoms with Gasteiger partial charge in [0.05, 0.1) is 21.9 Å². The molecule has 0 aliphatic heterocycles. The maximum atomic E-state index is 10.9. The average Bonchev–Trinajstić information content (AvgIpc) is 2.33. The fourth-order valence-electron chi connectivity index (χ4n) is 1.68.